The Morgan fingerprint density at radius 1 is 1.07 bits per heavy atom. The van der Waals surface area contributed by atoms with Gasteiger partial charge in [-0.1, -0.05) is 11.6 Å². The van der Waals surface area contributed by atoms with Crippen molar-refractivity contribution in [1.82, 2.24) is 30.0 Å². The van der Waals surface area contributed by atoms with Crippen molar-refractivity contribution in [2.75, 3.05) is 49.6 Å². The van der Waals surface area contributed by atoms with Crippen molar-refractivity contribution < 1.29 is 9.18 Å². The Labute approximate surface area is 242 Å². The average Bonchev–Trinajstić information content (AvgIpc) is 3.45. The highest BCUT2D eigenvalue weighted by atomic mass is 35.5. The van der Waals surface area contributed by atoms with E-state index in [1.807, 2.05) is 11.8 Å². The maximum Gasteiger partial charge on any atom is 0.228 e. The third-order valence-electron chi connectivity index (χ3n) is 7.98. The molecule has 3 fully saturated rings. The van der Waals surface area contributed by atoms with Crippen molar-refractivity contribution in [3.63, 3.8) is 0 Å². The number of likely N-dealkylation sites (N-methyl/N-ethyl adjacent to an activating group) is 1. The topological polar surface area (TPSA) is 99.2 Å². The molecule has 2 saturated heterocycles. The zero-order valence-electron chi connectivity index (χ0n) is 22.3. The molecule has 210 valence electrons. The van der Waals surface area contributed by atoms with Crippen LogP contribution in [-0.4, -0.2) is 80.9 Å². The minimum absolute atomic E-state index is 0.0117. The van der Waals surface area contributed by atoms with Gasteiger partial charge in [0.15, 0.2) is 0 Å². The monoisotopic (exact) mass is 582 g/mol. The van der Waals surface area contributed by atoms with E-state index in [2.05, 4.69) is 47.6 Å². The molecule has 2 aromatic heterocycles. The Bertz CT molecular complexity index is 1380. The minimum atomic E-state index is -0.425. The van der Waals surface area contributed by atoms with Gasteiger partial charge in [0.25, 0.3) is 0 Å². The summed E-state index contributed by atoms with van der Waals surface area (Å²) in [4.78, 5) is 26.4. The van der Waals surface area contributed by atoms with Crippen molar-refractivity contribution in [2.45, 2.75) is 37.0 Å². The molecular weight excluding hydrogens is 551 g/mol. The molecular formula is C28H32ClFN8OS. The first-order chi connectivity index (χ1) is 19.4. The molecule has 2 aliphatic heterocycles. The minimum Gasteiger partial charge on any atom is -0.338 e. The molecule has 1 aromatic carbocycles. The van der Waals surface area contributed by atoms with Gasteiger partial charge in [-0.2, -0.15) is 16.9 Å². The number of nitrogens with zero attached hydrogens (tertiary/aromatic N) is 6. The fourth-order valence-electron chi connectivity index (χ4n) is 5.51. The lowest BCUT2D eigenvalue weighted by Gasteiger charge is -2.45. The van der Waals surface area contributed by atoms with Gasteiger partial charge < -0.3 is 15.5 Å². The zero-order valence-corrected chi connectivity index (χ0v) is 23.9. The van der Waals surface area contributed by atoms with E-state index < -0.39 is 5.82 Å². The van der Waals surface area contributed by atoms with Gasteiger partial charge in [0.05, 0.1) is 22.3 Å². The summed E-state index contributed by atoms with van der Waals surface area (Å²) in [5, 5.41) is 15.7. The zero-order chi connectivity index (χ0) is 27.6. The lowest BCUT2D eigenvalue weighted by molar-refractivity contribution is -0.124. The van der Waals surface area contributed by atoms with Crippen molar-refractivity contribution in [3.8, 4) is 11.3 Å². The fraction of sp³-hybridized carbons (Fsp3) is 0.464. The number of nitrogens with one attached hydrogen (secondary N) is 2. The fourth-order valence-corrected chi connectivity index (χ4v) is 6.96. The van der Waals surface area contributed by atoms with Crippen molar-refractivity contribution in [3.05, 3.63) is 53.2 Å². The van der Waals surface area contributed by atoms with Gasteiger partial charge in [0.2, 0.25) is 5.91 Å². The number of carbonyl (C=O) groups is 1. The lowest BCUT2D eigenvalue weighted by Crippen LogP contribution is -2.54. The quantitative estimate of drug-likeness (QED) is 0.398. The normalized spacial score (nSPS) is 23.5. The molecule has 3 aromatic rings. The molecule has 1 saturated carbocycles. The highest BCUT2D eigenvalue weighted by molar-refractivity contribution is 7.99. The van der Waals surface area contributed by atoms with Crippen LogP contribution in [0.4, 0.5) is 21.7 Å². The smallest absolute Gasteiger partial charge is 0.228 e. The number of thioether (sulfide) groups is 1. The molecule has 4 heterocycles. The second-order valence-corrected chi connectivity index (χ2v) is 12.5. The summed E-state index contributed by atoms with van der Waals surface area (Å²) in [7, 11) is 2.15. The van der Waals surface area contributed by atoms with E-state index in [0.717, 1.165) is 63.3 Å². The number of piperazine rings is 1. The van der Waals surface area contributed by atoms with Crippen LogP contribution in [0.25, 0.3) is 11.3 Å². The summed E-state index contributed by atoms with van der Waals surface area (Å²) in [6.07, 6.45) is 5.25. The average molecular weight is 583 g/mol. The molecule has 0 spiro atoms. The first-order valence-electron chi connectivity index (χ1n) is 13.7. The van der Waals surface area contributed by atoms with E-state index in [4.69, 9.17) is 11.6 Å². The summed E-state index contributed by atoms with van der Waals surface area (Å²) >= 11 is 7.96. The van der Waals surface area contributed by atoms with E-state index in [1.54, 1.807) is 18.2 Å². The number of carbonyl (C=O) groups excluding carboxylic acids is 1. The summed E-state index contributed by atoms with van der Waals surface area (Å²) in [6.45, 7) is 4.28. The molecule has 2 N–H and O–H groups in total. The van der Waals surface area contributed by atoms with Gasteiger partial charge in [0.1, 0.15) is 23.8 Å². The summed E-state index contributed by atoms with van der Waals surface area (Å²) in [5.74, 6) is 1.54. The number of hydrogen-bond donors (Lipinski definition) is 2. The summed E-state index contributed by atoms with van der Waals surface area (Å²) in [6, 6.07) is 8.34. The molecule has 40 heavy (non-hydrogen) atoms. The van der Waals surface area contributed by atoms with Crippen molar-refractivity contribution >= 4 is 46.6 Å². The predicted octanol–water partition coefficient (Wildman–Crippen LogP) is 5.00. The Morgan fingerprint density at radius 3 is 2.65 bits per heavy atom. The van der Waals surface area contributed by atoms with Crippen molar-refractivity contribution in [1.29, 1.82) is 0 Å². The molecule has 0 radical (unpaired) electrons. The van der Waals surface area contributed by atoms with Gasteiger partial charge in [-0.05, 0) is 62.7 Å². The molecule has 1 aliphatic carbocycles. The number of hydrogen-bond acceptors (Lipinski definition) is 9. The van der Waals surface area contributed by atoms with Crippen LogP contribution in [0.2, 0.25) is 5.02 Å². The van der Waals surface area contributed by atoms with Crippen LogP contribution >= 0.6 is 23.4 Å². The second kappa shape index (κ2) is 11.9. The van der Waals surface area contributed by atoms with Gasteiger partial charge in [0, 0.05) is 54.8 Å². The summed E-state index contributed by atoms with van der Waals surface area (Å²) < 4.78 is 14.6. The Hall–Kier alpha value is -2.86. The van der Waals surface area contributed by atoms with Crippen LogP contribution < -0.4 is 10.6 Å². The molecule has 9 nitrogen and oxygen atoms in total. The van der Waals surface area contributed by atoms with Crippen LogP contribution in [0.5, 0.6) is 0 Å². The van der Waals surface area contributed by atoms with Crippen LogP contribution in [0.3, 0.4) is 0 Å². The first kappa shape index (κ1) is 27.3. The van der Waals surface area contributed by atoms with E-state index in [1.165, 1.54) is 18.5 Å². The predicted molar refractivity (Wildman–Crippen MR) is 156 cm³/mol. The van der Waals surface area contributed by atoms with E-state index >= 15 is 0 Å². The third-order valence-corrected chi connectivity index (χ3v) is 9.60. The number of benzene rings is 1. The Morgan fingerprint density at radius 2 is 1.88 bits per heavy atom. The van der Waals surface area contributed by atoms with Gasteiger partial charge in [-0.25, -0.2) is 14.4 Å². The maximum absolute atomic E-state index is 14.6. The Kier molecular flexibility index (Phi) is 8.15. The van der Waals surface area contributed by atoms with Gasteiger partial charge in [-0.3, -0.25) is 9.69 Å². The number of aromatic nitrogens is 4. The number of anilines is 3. The van der Waals surface area contributed by atoms with Gasteiger partial charge in [-0.15, -0.1) is 5.10 Å². The van der Waals surface area contributed by atoms with E-state index in [-0.39, 0.29) is 22.6 Å². The van der Waals surface area contributed by atoms with Crippen LogP contribution in [0.15, 0.2) is 36.7 Å². The van der Waals surface area contributed by atoms with Crippen LogP contribution in [0, 0.1) is 11.7 Å². The number of amides is 1. The molecule has 1 unspecified atom stereocenters. The molecule has 3 aliphatic rings. The lowest BCUT2D eigenvalue weighted by atomic mass is 9.78. The van der Waals surface area contributed by atoms with Crippen LogP contribution in [0.1, 0.15) is 36.6 Å². The first-order valence-corrected chi connectivity index (χ1v) is 15.1. The maximum atomic E-state index is 14.6. The third kappa shape index (κ3) is 6.07. The Balaban J connectivity index is 1.16. The molecule has 6 rings (SSSR count). The molecule has 0 bridgehead atoms. The number of halogens is 2. The standard InChI is InChI=1S/C28H32ClFN8OS/c1-37-6-8-38(9-7-37)19-11-17(12-19)28(39)34-26-15-25(31-16-32-26)33-23-14-22(20-13-18(29)4-5-21(20)30)35-36-27(23)24-3-2-10-40-24/h4-5,13-17,19,24H,2-3,6-12H2,1H3,(H2,31,32,33,34,35,39). The molecule has 1 amide bonds. The largest absolute Gasteiger partial charge is 0.338 e. The SMILES string of the molecule is CN1CCN(C2CC(C(=O)Nc3cc(Nc4cc(-c5cc(Cl)ccc5F)nnc4C4CCCS4)ncn3)C2)CC1. The number of rotatable bonds is 7. The van der Waals surface area contributed by atoms with Gasteiger partial charge >= 0.3 is 0 Å². The van der Waals surface area contributed by atoms with Crippen molar-refractivity contribution in [2.24, 2.45) is 5.92 Å². The second-order valence-electron chi connectivity index (χ2n) is 10.7. The summed E-state index contributed by atoms with van der Waals surface area (Å²) in [5.41, 5.74) is 2.13. The van der Waals surface area contributed by atoms with Crippen LogP contribution in [-0.2, 0) is 4.79 Å². The highest BCUT2D eigenvalue weighted by Crippen LogP contribution is 2.43. The highest BCUT2D eigenvalue weighted by Gasteiger charge is 2.38. The molecule has 1 atom stereocenters. The molecule has 12 heteroatoms. The van der Waals surface area contributed by atoms with E-state index in [0.29, 0.717) is 34.1 Å². The van der Waals surface area contributed by atoms with E-state index in [9.17, 15) is 9.18 Å².